The van der Waals surface area contributed by atoms with Gasteiger partial charge in [-0.3, -0.25) is 4.90 Å². The normalized spacial score (nSPS) is 27.5. The zero-order chi connectivity index (χ0) is 16.1. The summed E-state index contributed by atoms with van der Waals surface area (Å²) in [5.41, 5.74) is 1.40. The molecule has 1 saturated carbocycles. The molecule has 0 bridgehead atoms. The van der Waals surface area contributed by atoms with Crippen LogP contribution in [0.3, 0.4) is 0 Å². The number of rotatable bonds is 4. The fraction of sp³-hybridized carbons (Fsp3) is 0.667. The highest BCUT2D eigenvalue weighted by Crippen LogP contribution is 2.30. The van der Waals surface area contributed by atoms with Gasteiger partial charge in [0.2, 0.25) is 0 Å². The summed E-state index contributed by atoms with van der Waals surface area (Å²) in [5, 5.41) is 8.67. The Balaban J connectivity index is 1.52. The first-order valence-corrected chi connectivity index (χ1v) is 9.22. The second kappa shape index (κ2) is 8.11. The lowest BCUT2D eigenvalue weighted by atomic mass is 9.85. The van der Waals surface area contributed by atoms with Gasteiger partial charge in [-0.2, -0.15) is 5.11 Å². The van der Waals surface area contributed by atoms with Crippen molar-refractivity contribution < 1.29 is 0 Å². The van der Waals surface area contributed by atoms with Crippen LogP contribution < -0.4 is 5.84 Å². The highest BCUT2D eigenvalue weighted by atomic mass is 35.5. The van der Waals surface area contributed by atoms with Crippen molar-refractivity contribution in [3.8, 4) is 0 Å². The first-order chi connectivity index (χ1) is 11.3. The second-order valence-corrected chi connectivity index (χ2v) is 7.40. The molecule has 2 N–H and O–H groups in total. The Morgan fingerprint density at radius 1 is 1.04 bits per heavy atom. The Kier molecular flexibility index (Phi) is 5.90. The molecule has 2 unspecified atom stereocenters. The molecule has 2 fully saturated rings. The lowest BCUT2D eigenvalue weighted by Crippen LogP contribution is -2.48. The third-order valence-electron chi connectivity index (χ3n) is 5.46. The zero-order valence-electron chi connectivity index (χ0n) is 13.7. The van der Waals surface area contributed by atoms with Crippen molar-refractivity contribution in [1.29, 1.82) is 0 Å². The minimum atomic E-state index is 0.307. The highest BCUT2D eigenvalue weighted by Gasteiger charge is 2.32. The highest BCUT2D eigenvalue weighted by molar-refractivity contribution is 6.30. The van der Waals surface area contributed by atoms with Crippen molar-refractivity contribution in [3.05, 3.63) is 34.9 Å². The van der Waals surface area contributed by atoms with Crippen LogP contribution in [-0.2, 0) is 6.42 Å². The summed E-state index contributed by atoms with van der Waals surface area (Å²) in [4.78, 5) is 2.64. The fourth-order valence-electron chi connectivity index (χ4n) is 4.18. The number of nitrogens with two attached hydrogens (primary N) is 1. The van der Waals surface area contributed by atoms with Crippen LogP contribution >= 0.6 is 11.6 Å². The zero-order valence-corrected chi connectivity index (χ0v) is 14.5. The number of likely N-dealkylation sites (tertiary alicyclic amines) is 1. The van der Waals surface area contributed by atoms with Crippen LogP contribution in [0.1, 0.15) is 44.1 Å². The largest absolute Gasteiger partial charge is 0.305 e. The van der Waals surface area contributed by atoms with Gasteiger partial charge in [-0.05, 0) is 68.8 Å². The van der Waals surface area contributed by atoms with Crippen LogP contribution in [0.25, 0.3) is 0 Å². The van der Waals surface area contributed by atoms with Gasteiger partial charge in [0, 0.05) is 11.1 Å². The molecule has 1 aromatic carbocycles. The summed E-state index contributed by atoms with van der Waals surface area (Å²) in [7, 11) is 0. The molecule has 0 spiro atoms. The molecule has 0 amide bonds. The van der Waals surface area contributed by atoms with Gasteiger partial charge in [0.25, 0.3) is 0 Å². The van der Waals surface area contributed by atoms with Crippen LogP contribution in [0, 0.1) is 5.92 Å². The van der Waals surface area contributed by atoms with Crippen LogP contribution in [0.2, 0.25) is 5.02 Å². The second-order valence-electron chi connectivity index (χ2n) is 6.96. The first-order valence-electron chi connectivity index (χ1n) is 8.85. The summed E-state index contributed by atoms with van der Waals surface area (Å²) < 4.78 is 0. The van der Waals surface area contributed by atoms with Crippen LogP contribution in [0.4, 0.5) is 0 Å². The van der Waals surface area contributed by atoms with E-state index >= 15 is 0 Å². The van der Waals surface area contributed by atoms with E-state index in [0.717, 1.165) is 17.4 Å². The standard InChI is InChI=1S/C18H27ClN4/c19-16-7-5-14(6-8-16)13-15-9-11-23(12-10-15)18-4-2-1-3-17(18)21-22-20/h5-8,15,17-18H,1-4,9-13H2,(H2,20,21). The van der Waals surface area contributed by atoms with Crippen molar-refractivity contribution in [2.75, 3.05) is 13.1 Å². The van der Waals surface area contributed by atoms with Crippen molar-refractivity contribution in [2.24, 2.45) is 22.1 Å². The van der Waals surface area contributed by atoms with E-state index in [9.17, 15) is 0 Å². The summed E-state index contributed by atoms with van der Waals surface area (Å²) in [5.74, 6) is 6.08. The van der Waals surface area contributed by atoms with Crippen molar-refractivity contribution in [1.82, 2.24) is 4.90 Å². The smallest absolute Gasteiger partial charge is 0.0884 e. The molecule has 3 rings (SSSR count). The summed E-state index contributed by atoms with van der Waals surface area (Å²) in [6, 6.07) is 9.17. The van der Waals surface area contributed by atoms with Crippen molar-refractivity contribution >= 4 is 11.6 Å². The maximum atomic E-state index is 5.97. The third kappa shape index (κ3) is 4.45. The van der Waals surface area contributed by atoms with Crippen LogP contribution in [-0.4, -0.2) is 30.1 Å². The molecule has 4 nitrogen and oxygen atoms in total. The summed E-state index contributed by atoms with van der Waals surface area (Å²) in [6.07, 6.45) is 8.65. The average molecular weight is 335 g/mol. The molecule has 1 aromatic rings. The van der Waals surface area contributed by atoms with Gasteiger partial charge in [0.1, 0.15) is 0 Å². The average Bonchev–Trinajstić information content (AvgIpc) is 2.59. The minimum Gasteiger partial charge on any atom is -0.305 e. The van der Waals surface area contributed by atoms with E-state index in [0.29, 0.717) is 12.1 Å². The van der Waals surface area contributed by atoms with E-state index in [-0.39, 0.29) is 0 Å². The Hall–Kier alpha value is -1.13. The number of hydrogen-bond donors (Lipinski definition) is 1. The van der Waals surface area contributed by atoms with Crippen molar-refractivity contribution in [3.63, 3.8) is 0 Å². The number of nitrogens with zero attached hydrogens (tertiary/aromatic N) is 3. The number of halogens is 1. The minimum absolute atomic E-state index is 0.307. The number of hydrogen-bond acceptors (Lipinski definition) is 3. The molecular weight excluding hydrogens is 308 g/mol. The monoisotopic (exact) mass is 334 g/mol. The van der Waals surface area contributed by atoms with E-state index in [1.54, 1.807) is 0 Å². The summed E-state index contributed by atoms with van der Waals surface area (Å²) in [6.45, 7) is 2.36. The van der Waals surface area contributed by atoms with Gasteiger partial charge >= 0.3 is 0 Å². The fourth-order valence-corrected chi connectivity index (χ4v) is 4.31. The van der Waals surface area contributed by atoms with E-state index in [1.807, 2.05) is 12.1 Å². The van der Waals surface area contributed by atoms with Gasteiger partial charge in [-0.25, -0.2) is 0 Å². The van der Waals surface area contributed by atoms with Gasteiger partial charge in [0.15, 0.2) is 0 Å². The van der Waals surface area contributed by atoms with Crippen LogP contribution in [0.5, 0.6) is 0 Å². The molecule has 126 valence electrons. The predicted octanol–water partition coefficient (Wildman–Crippen LogP) is 4.23. The Bertz CT molecular complexity index is 508. The van der Waals surface area contributed by atoms with Crippen LogP contribution in [0.15, 0.2) is 34.6 Å². The maximum absolute atomic E-state index is 5.97. The molecule has 1 aliphatic heterocycles. The molecule has 0 radical (unpaired) electrons. The molecular formula is C18H27ClN4. The van der Waals surface area contributed by atoms with Gasteiger partial charge in [-0.1, -0.05) is 41.8 Å². The van der Waals surface area contributed by atoms with Crippen molar-refractivity contribution in [2.45, 2.75) is 57.0 Å². The molecule has 23 heavy (non-hydrogen) atoms. The van der Waals surface area contributed by atoms with E-state index in [2.05, 4.69) is 27.4 Å². The molecule has 2 atom stereocenters. The molecule has 0 aromatic heterocycles. The summed E-state index contributed by atoms with van der Waals surface area (Å²) >= 11 is 5.97. The molecule has 1 heterocycles. The number of piperidine rings is 1. The number of benzene rings is 1. The van der Waals surface area contributed by atoms with Gasteiger partial charge < -0.3 is 5.84 Å². The topological polar surface area (TPSA) is 54.0 Å². The quantitative estimate of drug-likeness (QED) is 0.509. The SMILES string of the molecule is NN=NC1CCCCC1N1CCC(Cc2ccc(Cl)cc2)CC1. The lowest BCUT2D eigenvalue weighted by Gasteiger charge is -2.41. The molecule has 2 aliphatic rings. The van der Waals surface area contributed by atoms with E-state index < -0.39 is 0 Å². The van der Waals surface area contributed by atoms with E-state index in [1.165, 1.54) is 57.2 Å². The van der Waals surface area contributed by atoms with E-state index in [4.69, 9.17) is 17.4 Å². The molecule has 1 saturated heterocycles. The lowest BCUT2D eigenvalue weighted by molar-refractivity contribution is 0.0923. The first kappa shape index (κ1) is 16.7. The third-order valence-corrected chi connectivity index (χ3v) is 5.72. The van der Waals surface area contributed by atoms with Gasteiger partial charge in [0.05, 0.1) is 6.04 Å². The Morgan fingerprint density at radius 3 is 2.43 bits per heavy atom. The Morgan fingerprint density at radius 2 is 1.74 bits per heavy atom. The molecule has 1 aliphatic carbocycles. The predicted molar refractivity (Wildman–Crippen MR) is 94.5 cm³/mol. The maximum Gasteiger partial charge on any atom is 0.0884 e. The van der Waals surface area contributed by atoms with Gasteiger partial charge in [-0.15, -0.1) is 0 Å². The Labute approximate surface area is 144 Å². The molecule has 5 heteroatoms.